The Balaban J connectivity index is 1.31. The minimum Gasteiger partial charge on any atom is -0.335 e. The molecule has 0 N–H and O–H groups in total. The number of fused-ring (bicyclic) bond motifs is 11. The van der Waals surface area contributed by atoms with E-state index in [2.05, 4.69) is 139 Å². The molecule has 2 unspecified atom stereocenters. The van der Waals surface area contributed by atoms with E-state index in [1.165, 1.54) is 103 Å². The van der Waals surface area contributed by atoms with Crippen LogP contribution in [0, 0.1) is 0 Å². The van der Waals surface area contributed by atoms with E-state index in [1.54, 1.807) is 5.56 Å². The third-order valence-electron chi connectivity index (χ3n) is 12.5. The molecule has 1 aromatic heterocycles. The summed E-state index contributed by atoms with van der Waals surface area (Å²) in [5, 5.41) is 5.30. The minimum atomic E-state index is 0.00849. The van der Waals surface area contributed by atoms with Crippen LogP contribution in [0.25, 0.3) is 49.4 Å². The Morgan fingerprint density at radius 2 is 1.40 bits per heavy atom. The second-order valence-corrected chi connectivity index (χ2v) is 14.4. The third kappa shape index (κ3) is 2.73. The molecule has 6 aromatic carbocycles. The van der Waals surface area contributed by atoms with Crippen LogP contribution in [0.15, 0.2) is 115 Å². The molecule has 4 heterocycles. The first kappa shape index (κ1) is 24.6. The molecule has 0 saturated heterocycles. The SMILES string of the molecule is CC12CCCCC1(C)N1c3cccc4c3B(c3ccc(-c5ccccc5)c2c31)c1cccc2c3cc5ccccc5cc3n-4c12. The first-order valence-electron chi connectivity index (χ1n) is 16.7. The molecule has 1 saturated carbocycles. The second kappa shape index (κ2) is 8.09. The van der Waals surface area contributed by atoms with Crippen molar-refractivity contribution in [1.82, 2.24) is 4.57 Å². The number of benzene rings is 6. The fourth-order valence-corrected chi connectivity index (χ4v) is 10.3. The Hall–Kier alpha value is -4.76. The van der Waals surface area contributed by atoms with Crippen molar-refractivity contribution in [2.45, 2.75) is 50.5 Å². The summed E-state index contributed by atoms with van der Waals surface area (Å²) in [7, 11) is 0. The van der Waals surface area contributed by atoms with Gasteiger partial charge in [0, 0.05) is 38.8 Å². The lowest BCUT2D eigenvalue weighted by molar-refractivity contribution is 0.195. The van der Waals surface area contributed by atoms with Gasteiger partial charge in [-0.15, -0.1) is 0 Å². The molecule has 7 aromatic rings. The summed E-state index contributed by atoms with van der Waals surface area (Å²) >= 11 is 0. The predicted octanol–water partition coefficient (Wildman–Crippen LogP) is 8.49. The lowest BCUT2D eigenvalue weighted by Crippen LogP contribution is -2.64. The molecule has 0 bridgehead atoms. The Morgan fingerprint density at radius 3 is 2.27 bits per heavy atom. The van der Waals surface area contributed by atoms with Crippen molar-refractivity contribution in [2.24, 2.45) is 0 Å². The van der Waals surface area contributed by atoms with Crippen molar-refractivity contribution < 1.29 is 0 Å². The van der Waals surface area contributed by atoms with Gasteiger partial charge in [-0.3, -0.25) is 0 Å². The summed E-state index contributed by atoms with van der Waals surface area (Å²) in [6.45, 7) is 5.37. The molecule has 2 nitrogen and oxygen atoms in total. The molecule has 3 heteroatoms. The molecule has 2 atom stereocenters. The maximum atomic E-state index is 2.84. The topological polar surface area (TPSA) is 8.17 Å². The molecule has 1 aliphatic carbocycles. The number of hydrogen-bond donors (Lipinski definition) is 0. The average molecular weight is 577 g/mol. The van der Waals surface area contributed by atoms with Gasteiger partial charge in [-0.1, -0.05) is 111 Å². The zero-order chi connectivity index (χ0) is 29.7. The average Bonchev–Trinajstić information content (AvgIpc) is 3.51. The summed E-state index contributed by atoms with van der Waals surface area (Å²) in [6.07, 6.45) is 5.01. The van der Waals surface area contributed by atoms with Crippen LogP contribution in [-0.4, -0.2) is 16.8 Å². The van der Waals surface area contributed by atoms with E-state index >= 15 is 0 Å². The van der Waals surface area contributed by atoms with Crippen molar-refractivity contribution in [3.63, 3.8) is 0 Å². The zero-order valence-electron chi connectivity index (χ0n) is 25.8. The van der Waals surface area contributed by atoms with Crippen LogP contribution in [0.3, 0.4) is 0 Å². The van der Waals surface area contributed by atoms with Crippen LogP contribution in [0.1, 0.15) is 45.1 Å². The summed E-state index contributed by atoms with van der Waals surface area (Å²) in [6, 6.07) is 44.0. The van der Waals surface area contributed by atoms with Crippen LogP contribution in [0.5, 0.6) is 0 Å². The third-order valence-corrected chi connectivity index (χ3v) is 12.5. The quantitative estimate of drug-likeness (QED) is 0.178. The number of rotatable bonds is 1. The van der Waals surface area contributed by atoms with E-state index in [0.717, 1.165) is 0 Å². The molecule has 0 amide bonds. The van der Waals surface area contributed by atoms with Gasteiger partial charge in [-0.05, 0) is 87.9 Å². The molecule has 3 aliphatic heterocycles. The first-order valence-corrected chi connectivity index (χ1v) is 16.7. The van der Waals surface area contributed by atoms with Gasteiger partial charge in [0.1, 0.15) is 0 Å². The van der Waals surface area contributed by atoms with Gasteiger partial charge in [-0.25, -0.2) is 0 Å². The van der Waals surface area contributed by atoms with Gasteiger partial charge in [0.15, 0.2) is 0 Å². The van der Waals surface area contributed by atoms with E-state index in [4.69, 9.17) is 0 Å². The van der Waals surface area contributed by atoms with Crippen LogP contribution < -0.4 is 21.3 Å². The first-order chi connectivity index (χ1) is 22.1. The van der Waals surface area contributed by atoms with Crippen molar-refractivity contribution in [1.29, 1.82) is 0 Å². The van der Waals surface area contributed by atoms with Crippen molar-refractivity contribution in [3.05, 3.63) is 121 Å². The predicted molar refractivity (Wildman–Crippen MR) is 191 cm³/mol. The van der Waals surface area contributed by atoms with Crippen molar-refractivity contribution in [3.8, 4) is 16.8 Å². The van der Waals surface area contributed by atoms with Crippen molar-refractivity contribution in [2.75, 3.05) is 4.90 Å². The Kier molecular flexibility index (Phi) is 4.41. The van der Waals surface area contributed by atoms with Gasteiger partial charge in [-0.2, -0.15) is 0 Å². The largest absolute Gasteiger partial charge is 0.335 e. The Bertz CT molecular complexity index is 2440. The smallest absolute Gasteiger partial charge is 0.252 e. The van der Waals surface area contributed by atoms with E-state index in [-0.39, 0.29) is 17.7 Å². The monoisotopic (exact) mass is 576 g/mol. The van der Waals surface area contributed by atoms with Crippen LogP contribution in [0.2, 0.25) is 0 Å². The zero-order valence-corrected chi connectivity index (χ0v) is 25.8. The van der Waals surface area contributed by atoms with Crippen LogP contribution in [-0.2, 0) is 5.41 Å². The van der Waals surface area contributed by atoms with Crippen LogP contribution >= 0.6 is 0 Å². The summed E-state index contributed by atoms with van der Waals surface area (Å²) in [4.78, 5) is 2.84. The fourth-order valence-electron chi connectivity index (χ4n) is 10.3. The molecule has 11 rings (SSSR count). The van der Waals surface area contributed by atoms with E-state index in [0.29, 0.717) is 0 Å². The fraction of sp³-hybridized carbons (Fsp3) is 0.190. The number of aromatic nitrogens is 1. The van der Waals surface area contributed by atoms with Gasteiger partial charge in [0.05, 0.1) is 11.1 Å². The molecule has 45 heavy (non-hydrogen) atoms. The second-order valence-electron chi connectivity index (χ2n) is 14.4. The summed E-state index contributed by atoms with van der Waals surface area (Å²) in [5.41, 5.74) is 15.7. The van der Waals surface area contributed by atoms with Gasteiger partial charge in [0.2, 0.25) is 0 Å². The number of para-hydroxylation sites is 1. The maximum Gasteiger partial charge on any atom is 0.252 e. The molecule has 0 spiro atoms. The highest BCUT2D eigenvalue weighted by molar-refractivity contribution is 7.00. The van der Waals surface area contributed by atoms with E-state index in [1.807, 2.05) is 0 Å². The number of anilines is 2. The molecular weight excluding hydrogens is 543 g/mol. The Morgan fingerprint density at radius 1 is 0.644 bits per heavy atom. The van der Waals surface area contributed by atoms with E-state index in [9.17, 15) is 0 Å². The van der Waals surface area contributed by atoms with Gasteiger partial charge in [0.25, 0.3) is 6.71 Å². The highest BCUT2D eigenvalue weighted by atomic mass is 15.3. The standard InChI is InChI=1S/C42H33BN2/c1-41-22-8-9-23-42(41,2)45-35-19-11-18-34-38(35)43(33-21-20-29(37(41)40(33)45)26-12-4-3-5-13-26)32-17-10-16-30-31-24-27-14-6-7-15-28(27)25-36(31)44(34)39(30)32/h3-7,10-21,24-25H,8-9,22-23H2,1-2H3. The van der Waals surface area contributed by atoms with Gasteiger partial charge >= 0.3 is 0 Å². The molecule has 1 fully saturated rings. The Labute approximate surface area is 264 Å². The summed E-state index contributed by atoms with van der Waals surface area (Å²) in [5.74, 6) is 0. The highest BCUT2D eigenvalue weighted by Gasteiger charge is 2.61. The van der Waals surface area contributed by atoms with Crippen molar-refractivity contribution >= 4 is 67.1 Å². The highest BCUT2D eigenvalue weighted by Crippen LogP contribution is 2.63. The normalized spacial score (nSPS) is 22.2. The van der Waals surface area contributed by atoms with E-state index < -0.39 is 0 Å². The lowest BCUT2D eigenvalue weighted by Gasteiger charge is -2.52. The number of nitrogens with zero attached hydrogens (tertiary/aromatic N) is 2. The van der Waals surface area contributed by atoms with Crippen LogP contribution in [0.4, 0.5) is 11.4 Å². The molecule has 0 radical (unpaired) electrons. The summed E-state index contributed by atoms with van der Waals surface area (Å²) < 4.78 is 2.60. The van der Waals surface area contributed by atoms with Gasteiger partial charge < -0.3 is 9.47 Å². The lowest BCUT2D eigenvalue weighted by atomic mass is 9.33. The minimum absolute atomic E-state index is 0.00849. The molecular formula is C42H33BN2. The molecule has 4 aliphatic rings. The molecule has 214 valence electrons. The number of hydrogen-bond acceptors (Lipinski definition) is 1. The maximum absolute atomic E-state index is 2.84.